The molecule has 3 aliphatic rings. The minimum Gasteiger partial charge on any atom is -0.422 e. The van der Waals surface area contributed by atoms with Crippen LogP contribution >= 0.6 is 0 Å². The molecule has 1 aliphatic carbocycles. The molecular weight excluding hydrogens is 318 g/mol. The number of esters is 2. The number of ether oxygens (including phenoxy) is 2. The molecular formula is C20H25NO4. The van der Waals surface area contributed by atoms with Crippen LogP contribution in [0.25, 0.3) is 0 Å². The number of nitrogens with zero attached hydrogens (tertiary/aromatic N) is 1. The summed E-state index contributed by atoms with van der Waals surface area (Å²) in [6.45, 7) is 11.9. The first kappa shape index (κ1) is 17.5. The van der Waals surface area contributed by atoms with Crippen LogP contribution in [0.4, 0.5) is 0 Å². The molecule has 0 radical (unpaired) electrons. The van der Waals surface area contributed by atoms with E-state index in [1.54, 1.807) is 19.9 Å². The Kier molecular flexibility index (Phi) is 4.13. The first-order valence-corrected chi connectivity index (χ1v) is 8.58. The number of rotatable bonds is 3. The number of hydrogen-bond donors (Lipinski definition) is 0. The summed E-state index contributed by atoms with van der Waals surface area (Å²) in [6.07, 6.45) is 9.32. The zero-order valence-electron chi connectivity index (χ0n) is 15.1. The lowest BCUT2D eigenvalue weighted by molar-refractivity contribution is -0.242. The topological polar surface area (TPSA) is 55.8 Å². The van der Waals surface area contributed by atoms with Crippen molar-refractivity contribution in [3.63, 3.8) is 0 Å². The van der Waals surface area contributed by atoms with E-state index in [1.807, 2.05) is 13.1 Å². The van der Waals surface area contributed by atoms with Crippen LogP contribution in [0.2, 0.25) is 0 Å². The summed E-state index contributed by atoms with van der Waals surface area (Å²) in [4.78, 5) is 27.2. The van der Waals surface area contributed by atoms with E-state index < -0.39 is 23.6 Å². The second-order valence-electron chi connectivity index (χ2n) is 7.51. The Labute approximate surface area is 148 Å². The first-order chi connectivity index (χ1) is 11.7. The predicted octanol–water partition coefficient (Wildman–Crippen LogP) is 2.96. The van der Waals surface area contributed by atoms with Gasteiger partial charge in [0, 0.05) is 38.8 Å². The Morgan fingerprint density at radius 3 is 2.32 bits per heavy atom. The van der Waals surface area contributed by atoms with Crippen molar-refractivity contribution in [3.05, 3.63) is 48.7 Å². The van der Waals surface area contributed by atoms with Gasteiger partial charge >= 0.3 is 11.9 Å². The van der Waals surface area contributed by atoms with Crippen molar-refractivity contribution < 1.29 is 19.1 Å². The van der Waals surface area contributed by atoms with Gasteiger partial charge in [0.2, 0.25) is 0 Å². The van der Waals surface area contributed by atoms with E-state index in [-0.39, 0.29) is 11.3 Å². The van der Waals surface area contributed by atoms with E-state index in [4.69, 9.17) is 9.47 Å². The van der Waals surface area contributed by atoms with Crippen molar-refractivity contribution in [2.75, 3.05) is 13.6 Å². The maximum Gasteiger partial charge on any atom is 0.324 e. The molecule has 25 heavy (non-hydrogen) atoms. The van der Waals surface area contributed by atoms with Crippen molar-refractivity contribution in [1.82, 2.24) is 4.90 Å². The lowest BCUT2D eigenvalue weighted by Crippen LogP contribution is -2.49. The molecule has 5 nitrogen and oxygen atoms in total. The van der Waals surface area contributed by atoms with Crippen molar-refractivity contribution >= 4 is 11.9 Å². The molecule has 3 rings (SSSR count). The fraction of sp³-hybridized carbons (Fsp3) is 0.500. The lowest BCUT2D eigenvalue weighted by Gasteiger charge is -2.37. The monoisotopic (exact) mass is 343 g/mol. The zero-order valence-corrected chi connectivity index (χ0v) is 15.1. The Morgan fingerprint density at radius 2 is 1.84 bits per heavy atom. The summed E-state index contributed by atoms with van der Waals surface area (Å²) in [7, 11) is 2.03. The molecule has 0 bridgehead atoms. The predicted molar refractivity (Wildman–Crippen MR) is 94.1 cm³/mol. The number of cyclic esters (lactones) is 2. The number of carbonyl (C=O) groups excluding carboxylic acids is 2. The van der Waals surface area contributed by atoms with Crippen LogP contribution in [0.15, 0.2) is 48.7 Å². The van der Waals surface area contributed by atoms with Gasteiger partial charge in [-0.3, -0.25) is 9.59 Å². The maximum absolute atomic E-state index is 12.6. The maximum atomic E-state index is 12.6. The van der Waals surface area contributed by atoms with Crippen molar-refractivity contribution in [1.29, 1.82) is 0 Å². The molecule has 5 heteroatoms. The van der Waals surface area contributed by atoms with Gasteiger partial charge in [-0.15, -0.1) is 0 Å². The van der Waals surface area contributed by atoms with Crippen molar-refractivity contribution in [2.24, 2.45) is 17.3 Å². The molecule has 0 aromatic carbocycles. The standard InChI is InChI=1S/C20H25NO4/c1-6-13-14(16-17(22)24-19(3,4)25-18(16)23)12-20(15(13)7-2)8-10-21(5)11-9-20/h6-8,10,14,16H,1-2,9,11-12H2,3-5H3. The van der Waals surface area contributed by atoms with E-state index in [9.17, 15) is 9.59 Å². The average Bonchev–Trinajstić information content (AvgIpc) is 2.81. The Morgan fingerprint density at radius 1 is 1.20 bits per heavy atom. The van der Waals surface area contributed by atoms with E-state index in [1.165, 1.54) is 0 Å². The van der Waals surface area contributed by atoms with E-state index in [0.29, 0.717) is 6.42 Å². The quantitative estimate of drug-likeness (QED) is 0.582. The molecule has 1 saturated heterocycles. The SMILES string of the molecule is C=CC1=C(C=C)C2(C=CN(C)CC2)CC1C1C(=O)OC(C)(C)OC1=O. The third kappa shape index (κ3) is 2.81. The van der Waals surface area contributed by atoms with Gasteiger partial charge in [0.05, 0.1) is 0 Å². The highest BCUT2D eigenvalue weighted by molar-refractivity contribution is 5.97. The summed E-state index contributed by atoms with van der Waals surface area (Å²) in [5.74, 6) is -3.53. The summed E-state index contributed by atoms with van der Waals surface area (Å²) >= 11 is 0. The Bertz CT molecular complexity index is 682. The number of allylic oxidation sites excluding steroid dienone is 5. The van der Waals surface area contributed by atoms with E-state index in [0.717, 1.165) is 24.1 Å². The summed E-state index contributed by atoms with van der Waals surface area (Å²) < 4.78 is 10.7. The molecule has 0 aromatic rings. The Balaban J connectivity index is 2.01. The van der Waals surface area contributed by atoms with Crippen LogP contribution in [0.3, 0.4) is 0 Å². The van der Waals surface area contributed by atoms with Crippen LogP contribution in [0.1, 0.15) is 26.7 Å². The fourth-order valence-electron chi connectivity index (χ4n) is 4.23. The molecule has 134 valence electrons. The average molecular weight is 343 g/mol. The minimum atomic E-state index is -1.21. The Hall–Kier alpha value is -2.30. The van der Waals surface area contributed by atoms with Crippen LogP contribution < -0.4 is 0 Å². The minimum absolute atomic E-state index is 0.226. The normalized spacial score (nSPS) is 32.0. The summed E-state index contributed by atoms with van der Waals surface area (Å²) in [6, 6.07) is 0. The van der Waals surface area contributed by atoms with Gasteiger partial charge in [-0.25, -0.2) is 0 Å². The van der Waals surface area contributed by atoms with Crippen LogP contribution in [-0.4, -0.2) is 36.2 Å². The van der Waals surface area contributed by atoms with Gasteiger partial charge < -0.3 is 14.4 Å². The van der Waals surface area contributed by atoms with Gasteiger partial charge in [0.1, 0.15) is 0 Å². The molecule has 0 N–H and O–H groups in total. The largest absolute Gasteiger partial charge is 0.422 e. The van der Waals surface area contributed by atoms with Gasteiger partial charge in [0.15, 0.2) is 5.92 Å². The highest BCUT2D eigenvalue weighted by Crippen LogP contribution is 2.54. The van der Waals surface area contributed by atoms with Crippen LogP contribution in [-0.2, 0) is 19.1 Å². The van der Waals surface area contributed by atoms with Gasteiger partial charge in [-0.05, 0) is 30.2 Å². The second kappa shape index (κ2) is 5.90. The van der Waals surface area contributed by atoms with E-state index >= 15 is 0 Å². The number of carbonyl (C=O) groups is 2. The molecule has 2 heterocycles. The van der Waals surface area contributed by atoms with Gasteiger partial charge in [-0.1, -0.05) is 31.4 Å². The van der Waals surface area contributed by atoms with E-state index in [2.05, 4.69) is 30.3 Å². The van der Waals surface area contributed by atoms with Gasteiger partial charge in [-0.2, -0.15) is 0 Å². The smallest absolute Gasteiger partial charge is 0.324 e. The van der Waals surface area contributed by atoms with Gasteiger partial charge in [0.25, 0.3) is 5.79 Å². The molecule has 1 fully saturated rings. The highest BCUT2D eigenvalue weighted by Gasteiger charge is 2.53. The third-order valence-electron chi connectivity index (χ3n) is 5.42. The lowest BCUT2D eigenvalue weighted by atomic mass is 9.74. The molecule has 2 atom stereocenters. The molecule has 0 saturated carbocycles. The van der Waals surface area contributed by atoms with Crippen molar-refractivity contribution in [2.45, 2.75) is 32.5 Å². The molecule has 0 amide bonds. The summed E-state index contributed by atoms with van der Waals surface area (Å²) in [5.41, 5.74) is 1.71. The zero-order chi connectivity index (χ0) is 18.4. The molecule has 2 unspecified atom stereocenters. The summed E-state index contributed by atoms with van der Waals surface area (Å²) in [5, 5.41) is 0. The number of hydrogen-bond acceptors (Lipinski definition) is 5. The fourth-order valence-corrected chi connectivity index (χ4v) is 4.23. The second-order valence-corrected chi connectivity index (χ2v) is 7.51. The first-order valence-electron chi connectivity index (χ1n) is 8.58. The molecule has 1 spiro atoms. The molecule has 2 aliphatic heterocycles. The third-order valence-corrected chi connectivity index (χ3v) is 5.42. The van der Waals surface area contributed by atoms with Crippen LogP contribution in [0.5, 0.6) is 0 Å². The molecule has 0 aromatic heterocycles. The highest BCUT2D eigenvalue weighted by atomic mass is 16.7. The van der Waals surface area contributed by atoms with Crippen LogP contribution in [0, 0.1) is 17.3 Å². The van der Waals surface area contributed by atoms with Crippen molar-refractivity contribution in [3.8, 4) is 0 Å².